The predicted octanol–water partition coefficient (Wildman–Crippen LogP) is 5.15. The van der Waals surface area contributed by atoms with Crippen LogP contribution in [0.2, 0.25) is 0 Å². The van der Waals surface area contributed by atoms with Gasteiger partial charge in [-0.2, -0.15) is 0 Å². The fourth-order valence-electron chi connectivity index (χ4n) is 3.42. The number of carbonyl (C=O) groups excluding carboxylic acids is 1. The molecule has 1 saturated carbocycles. The number of benzene rings is 1. The second-order valence-electron chi connectivity index (χ2n) is 7.71. The number of carbonyl (C=O) groups is 1. The molecule has 0 aliphatic heterocycles. The van der Waals surface area contributed by atoms with Crippen molar-refractivity contribution in [3.8, 4) is 0 Å². The highest BCUT2D eigenvalue weighted by Crippen LogP contribution is 2.59. The van der Waals surface area contributed by atoms with E-state index < -0.39 is 0 Å². The highest BCUT2D eigenvalue weighted by Gasteiger charge is 2.61. The first kappa shape index (κ1) is 17.5. The lowest BCUT2D eigenvalue weighted by molar-refractivity contribution is -0.148. The SMILES string of the molecule is CC(C)=CC1C(C(=O)OCc2ccc(Cc3ccccc3)o2)C1(C)C. The van der Waals surface area contributed by atoms with Gasteiger partial charge in [-0.1, -0.05) is 55.8 Å². The largest absolute Gasteiger partial charge is 0.462 e. The highest BCUT2D eigenvalue weighted by atomic mass is 16.5. The maximum absolute atomic E-state index is 12.4. The van der Waals surface area contributed by atoms with Crippen LogP contribution in [-0.4, -0.2) is 5.97 Å². The zero-order valence-electron chi connectivity index (χ0n) is 15.4. The summed E-state index contributed by atoms with van der Waals surface area (Å²) in [4.78, 5) is 12.4. The summed E-state index contributed by atoms with van der Waals surface area (Å²) < 4.78 is 11.3. The number of furan rings is 1. The van der Waals surface area contributed by atoms with Gasteiger partial charge in [-0.05, 0) is 42.9 Å². The van der Waals surface area contributed by atoms with Crippen molar-refractivity contribution < 1.29 is 13.9 Å². The summed E-state index contributed by atoms with van der Waals surface area (Å²) >= 11 is 0. The van der Waals surface area contributed by atoms with Crippen molar-refractivity contribution in [1.82, 2.24) is 0 Å². The van der Waals surface area contributed by atoms with Gasteiger partial charge in [0.25, 0.3) is 0 Å². The second kappa shape index (κ2) is 6.91. The number of ether oxygens (including phenoxy) is 1. The molecule has 1 aromatic heterocycles. The van der Waals surface area contributed by atoms with Crippen LogP contribution in [0.4, 0.5) is 0 Å². The molecule has 0 amide bonds. The lowest BCUT2D eigenvalue weighted by Crippen LogP contribution is -2.10. The molecule has 1 fully saturated rings. The lowest BCUT2D eigenvalue weighted by atomic mass is 10.1. The summed E-state index contributed by atoms with van der Waals surface area (Å²) in [6.45, 7) is 8.56. The van der Waals surface area contributed by atoms with Gasteiger partial charge >= 0.3 is 5.97 Å². The van der Waals surface area contributed by atoms with Crippen molar-refractivity contribution in [3.63, 3.8) is 0 Å². The van der Waals surface area contributed by atoms with Gasteiger partial charge in [0, 0.05) is 6.42 Å². The van der Waals surface area contributed by atoms with E-state index in [1.807, 2.05) is 30.3 Å². The molecule has 1 aliphatic rings. The standard InChI is InChI=1S/C22H26O3/c1-15(2)12-19-20(22(19,3)4)21(23)24-14-18-11-10-17(25-18)13-16-8-6-5-7-9-16/h5-12,19-20H,13-14H2,1-4H3. The van der Waals surface area contributed by atoms with Crippen LogP contribution < -0.4 is 0 Å². The van der Waals surface area contributed by atoms with Gasteiger partial charge in [-0.15, -0.1) is 0 Å². The quantitative estimate of drug-likeness (QED) is 0.540. The van der Waals surface area contributed by atoms with Crippen LogP contribution in [0.15, 0.2) is 58.5 Å². The Balaban J connectivity index is 1.54. The molecule has 2 unspecified atom stereocenters. The van der Waals surface area contributed by atoms with E-state index in [0.29, 0.717) is 5.76 Å². The fraction of sp³-hybridized carbons (Fsp3) is 0.409. The second-order valence-corrected chi connectivity index (χ2v) is 7.71. The minimum Gasteiger partial charge on any atom is -0.462 e. The molecular formula is C22H26O3. The number of hydrogen-bond donors (Lipinski definition) is 0. The molecule has 1 aliphatic carbocycles. The normalized spacial score (nSPS) is 20.8. The Labute approximate surface area is 149 Å². The molecule has 0 spiro atoms. The Bertz CT molecular complexity index is 764. The van der Waals surface area contributed by atoms with Crippen molar-refractivity contribution in [3.05, 3.63) is 71.2 Å². The van der Waals surface area contributed by atoms with Gasteiger partial charge in [0.05, 0.1) is 5.92 Å². The van der Waals surface area contributed by atoms with Crippen LogP contribution in [0.3, 0.4) is 0 Å². The monoisotopic (exact) mass is 338 g/mol. The van der Waals surface area contributed by atoms with Gasteiger partial charge in [0.15, 0.2) is 0 Å². The molecule has 25 heavy (non-hydrogen) atoms. The summed E-state index contributed by atoms with van der Waals surface area (Å²) in [5.74, 6) is 1.66. The molecule has 3 heteroatoms. The van der Waals surface area contributed by atoms with Gasteiger partial charge in [-0.25, -0.2) is 0 Å². The van der Waals surface area contributed by atoms with Crippen LogP contribution in [0.5, 0.6) is 0 Å². The topological polar surface area (TPSA) is 39.4 Å². The Hall–Kier alpha value is -2.29. The van der Waals surface area contributed by atoms with Crippen molar-refractivity contribution in [2.24, 2.45) is 17.3 Å². The van der Waals surface area contributed by atoms with E-state index in [1.54, 1.807) is 0 Å². The molecule has 0 saturated heterocycles. The third-order valence-electron chi connectivity index (χ3n) is 4.97. The first-order chi connectivity index (χ1) is 11.9. The predicted molar refractivity (Wildman–Crippen MR) is 97.9 cm³/mol. The zero-order valence-corrected chi connectivity index (χ0v) is 15.4. The van der Waals surface area contributed by atoms with Crippen molar-refractivity contribution in [2.45, 2.75) is 40.7 Å². The van der Waals surface area contributed by atoms with E-state index in [1.165, 1.54) is 11.1 Å². The average molecular weight is 338 g/mol. The van der Waals surface area contributed by atoms with Crippen molar-refractivity contribution >= 4 is 5.97 Å². The summed E-state index contributed by atoms with van der Waals surface area (Å²) in [7, 11) is 0. The van der Waals surface area contributed by atoms with Gasteiger partial charge in [0.2, 0.25) is 0 Å². The molecule has 3 rings (SSSR count). The summed E-state index contributed by atoms with van der Waals surface area (Å²) in [6, 6.07) is 14.0. The molecule has 132 valence electrons. The van der Waals surface area contributed by atoms with E-state index in [0.717, 1.165) is 12.2 Å². The van der Waals surface area contributed by atoms with Crippen LogP contribution in [0.25, 0.3) is 0 Å². The minimum absolute atomic E-state index is 0.0179. The van der Waals surface area contributed by atoms with Crippen LogP contribution >= 0.6 is 0 Å². The van der Waals surface area contributed by atoms with E-state index in [9.17, 15) is 4.79 Å². The first-order valence-electron chi connectivity index (χ1n) is 8.81. The van der Waals surface area contributed by atoms with Crippen LogP contribution in [0.1, 0.15) is 44.8 Å². The molecule has 0 bridgehead atoms. The third-order valence-corrected chi connectivity index (χ3v) is 4.97. The Kier molecular flexibility index (Phi) is 4.85. The number of hydrogen-bond acceptors (Lipinski definition) is 3. The van der Waals surface area contributed by atoms with Gasteiger partial charge < -0.3 is 9.15 Å². The molecule has 1 heterocycles. The van der Waals surface area contributed by atoms with Gasteiger partial charge in [-0.3, -0.25) is 4.79 Å². The molecule has 2 atom stereocenters. The van der Waals surface area contributed by atoms with Crippen LogP contribution in [0, 0.1) is 17.3 Å². The van der Waals surface area contributed by atoms with Crippen LogP contribution in [-0.2, 0) is 22.6 Å². The molecule has 0 N–H and O–H groups in total. The first-order valence-corrected chi connectivity index (χ1v) is 8.81. The summed E-state index contributed by atoms with van der Waals surface area (Å²) in [6.07, 6.45) is 2.92. The molecule has 0 radical (unpaired) electrons. The third kappa shape index (κ3) is 4.04. The minimum atomic E-state index is -0.131. The highest BCUT2D eigenvalue weighted by molar-refractivity contribution is 5.78. The van der Waals surface area contributed by atoms with Crippen molar-refractivity contribution in [2.75, 3.05) is 0 Å². The van der Waals surface area contributed by atoms with E-state index in [4.69, 9.17) is 9.15 Å². The maximum atomic E-state index is 12.4. The van der Waals surface area contributed by atoms with E-state index in [2.05, 4.69) is 45.9 Å². The molecule has 2 aromatic rings. The van der Waals surface area contributed by atoms with E-state index >= 15 is 0 Å². The molecular weight excluding hydrogens is 312 g/mol. The fourth-order valence-corrected chi connectivity index (χ4v) is 3.42. The average Bonchev–Trinajstić information content (AvgIpc) is 2.90. The van der Waals surface area contributed by atoms with Crippen molar-refractivity contribution in [1.29, 1.82) is 0 Å². The smallest absolute Gasteiger partial charge is 0.310 e. The number of allylic oxidation sites excluding steroid dienone is 2. The Morgan fingerprint density at radius 2 is 1.80 bits per heavy atom. The lowest BCUT2D eigenvalue weighted by Gasteiger charge is -2.04. The Morgan fingerprint density at radius 1 is 1.12 bits per heavy atom. The number of rotatable bonds is 6. The Morgan fingerprint density at radius 3 is 2.48 bits per heavy atom. The number of esters is 1. The molecule has 3 nitrogen and oxygen atoms in total. The maximum Gasteiger partial charge on any atom is 0.310 e. The summed E-state index contributed by atoms with van der Waals surface area (Å²) in [5, 5.41) is 0. The summed E-state index contributed by atoms with van der Waals surface area (Å²) in [5.41, 5.74) is 2.42. The zero-order chi connectivity index (χ0) is 18.0. The molecule has 1 aromatic carbocycles. The van der Waals surface area contributed by atoms with E-state index in [-0.39, 0.29) is 29.8 Å². The van der Waals surface area contributed by atoms with Gasteiger partial charge in [0.1, 0.15) is 18.1 Å².